The van der Waals surface area contributed by atoms with Gasteiger partial charge in [-0.1, -0.05) is 24.3 Å². The van der Waals surface area contributed by atoms with Crippen LogP contribution in [-0.4, -0.2) is 5.91 Å². The number of rotatable bonds is 6. The third-order valence-electron chi connectivity index (χ3n) is 3.46. The van der Waals surface area contributed by atoms with Crippen LogP contribution in [0.4, 0.5) is 4.39 Å². The van der Waals surface area contributed by atoms with Crippen molar-refractivity contribution in [3.63, 3.8) is 0 Å². The fraction of sp³-hybridized carbons (Fsp3) is 0.167. The van der Waals surface area contributed by atoms with Gasteiger partial charge in [0.15, 0.2) is 0 Å². The molecule has 0 aliphatic carbocycles. The molecule has 118 valence electrons. The standard InChI is InChI=1S/C18H16FNO2S/c19-15-5-2-1-4-13(15)7-10-18(21)20-12-14-8-9-16(22-14)17-6-3-11-23-17/h1-6,8-9,11H,7,10,12H2,(H,20,21). The van der Waals surface area contributed by atoms with E-state index in [1.54, 1.807) is 29.5 Å². The summed E-state index contributed by atoms with van der Waals surface area (Å²) in [6.45, 7) is 0.335. The number of aryl methyl sites for hydroxylation is 1. The topological polar surface area (TPSA) is 42.2 Å². The van der Waals surface area contributed by atoms with Crippen LogP contribution in [0.25, 0.3) is 10.6 Å². The van der Waals surface area contributed by atoms with Gasteiger partial charge < -0.3 is 9.73 Å². The highest BCUT2D eigenvalue weighted by molar-refractivity contribution is 7.13. The maximum atomic E-state index is 13.5. The summed E-state index contributed by atoms with van der Waals surface area (Å²) in [5.74, 6) is 1.11. The zero-order chi connectivity index (χ0) is 16.1. The first kappa shape index (κ1) is 15.5. The predicted octanol–water partition coefficient (Wildman–Crippen LogP) is 4.40. The van der Waals surface area contributed by atoms with E-state index in [2.05, 4.69) is 5.32 Å². The lowest BCUT2D eigenvalue weighted by Gasteiger charge is -2.04. The molecule has 0 spiro atoms. The number of thiophene rings is 1. The van der Waals surface area contributed by atoms with Crippen molar-refractivity contribution in [3.05, 3.63) is 71.1 Å². The quantitative estimate of drug-likeness (QED) is 0.728. The van der Waals surface area contributed by atoms with Crippen molar-refractivity contribution in [3.8, 4) is 10.6 Å². The van der Waals surface area contributed by atoms with Crippen molar-refractivity contribution in [2.24, 2.45) is 0 Å². The van der Waals surface area contributed by atoms with Gasteiger partial charge in [-0.05, 0) is 41.6 Å². The first-order valence-corrected chi connectivity index (χ1v) is 8.23. The van der Waals surface area contributed by atoms with E-state index >= 15 is 0 Å². The Balaban J connectivity index is 1.49. The Kier molecular flexibility index (Phi) is 4.88. The molecular formula is C18H16FNO2S. The number of carbonyl (C=O) groups is 1. The second-order valence-corrected chi connectivity index (χ2v) is 6.06. The maximum absolute atomic E-state index is 13.5. The zero-order valence-corrected chi connectivity index (χ0v) is 13.2. The molecule has 5 heteroatoms. The van der Waals surface area contributed by atoms with Gasteiger partial charge in [0.25, 0.3) is 0 Å². The third kappa shape index (κ3) is 4.07. The summed E-state index contributed by atoms with van der Waals surface area (Å²) in [5.41, 5.74) is 0.556. The van der Waals surface area contributed by atoms with E-state index in [1.807, 2.05) is 29.6 Å². The lowest BCUT2D eigenvalue weighted by Crippen LogP contribution is -2.22. The molecule has 23 heavy (non-hydrogen) atoms. The molecule has 0 radical (unpaired) electrons. The summed E-state index contributed by atoms with van der Waals surface area (Å²) in [7, 11) is 0. The van der Waals surface area contributed by atoms with Gasteiger partial charge in [0, 0.05) is 6.42 Å². The Labute approximate surface area is 137 Å². The van der Waals surface area contributed by atoms with E-state index in [0.29, 0.717) is 24.3 Å². The number of halogens is 1. The fourth-order valence-electron chi connectivity index (χ4n) is 2.25. The maximum Gasteiger partial charge on any atom is 0.220 e. The minimum Gasteiger partial charge on any atom is -0.458 e. The molecule has 3 nitrogen and oxygen atoms in total. The van der Waals surface area contributed by atoms with Gasteiger partial charge in [0.2, 0.25) is 5.91 Å². The van der Waals surface area contributed by atoms with Gasteiger partial charge in [-0.2, -0.15) is 0 Å². The number of hydrogen-bond donors (Lipinski definition) is 1. The Hall–Kier alpha value is -2.40. The zero-order valence-electron chi connectivity index (χ0n) is 12.4. The van der Waals surface area contributed by atoms with E-state index in [0.717, 1.165) is 10.6 Å². The highest BCUT2D eigenvalue weighted by Crippen LogP contribution is 2.26. The molecule has 0 aliphatic rings. The van der Waals surface area contributed by atoms with Crippen molar-refractivity contribution in [1.29, 1.82) is 0 Å². The van der Waals surface area contributed by atoms with E-state index in [1.165, 1.54) is 6.07 Å². The lowest BCUT2D eigenvalue weighted by atomic mass is 10.1. The molecule has 0 saturated heterocycles. The van der Waals surface area contributed by atoms with Crippen LogP contribution in [0.5, 0.6) is 0 Å². The summed E-state index contributed by atoms with van der Waals surface area (Å²) in [5, 5.41) is 4.78. The molecule has 2 aromatic heterocycles. The summed E-state index contributed by atoms with van der Waals surface area (Å²) >= 11 is 1.60. The monoisotopic (exact) mass is 329 g/mol. The Morgan fingerprint density at radius 2 is 2.00 bits per heavy atom. The Morgan fingerprint density at radius 1 is 1.13 bits per heavy atom. The molecule has 2 heterocycles. The summed E-state index contributed by atoms with van der Waals surface area (Å²) in [6.07, 6.45) is 0.635. The molecule has 1 amide bonds. The molecule has 3 rings (SSSR count). The van der Waals surface area contributed by atoms with Crippen LogP contribution < -0.4 is 5.32 Å². The number of hydrogen-bond acceptors (Lipinski definition) is 3. The lowest BCUT2D eigenvalue weighted by molar-refractivity contribution is -0.121. The summed E-state index contributed by atoms with van der Waals surface area (Å²) in [4.78, 5) is 12.9. The second kappa shape index (κ2) is 7.24. The number of benzene rings is 1. The number of nitrogens with one attached hydrogen (secondary N) is 1. The molecule has 1 N–H and O–H groups in total. The van der Waals surface area contributed by atoms with Crippen LogP contribution >= 0.6 is 11.3 Å². The fourth-order valence-corrected chi connectivity index (χ4v) is 2.93. The highest BCUT2D eigenvalue weighted by Gasteiger charge is 2.08. The van der Waals surface area contributed by atoms with Gasteiger partial charge in [-0.3, -0.25) is 4.79 Å². The van der Waals surface area contributed by atoms with Crippen molar-refractivity contribution in [2.45, 2.75) is 19.4 Å². The van der Waals surface area contributed by atoms with Crippen LogP contribution in [0.1, 0.15) is 17.7 Å². The molecular weight excluding hydrogens is 313 g/mol. The number of furan rings is 1. The van der Waals surface area contributed by atoms with Crippen molar-refractivity contribution >= 4 is 17.2 Å². The molecule has 0 saturated carbocycles. The van der Waals surface area contributed by atoms with Gasteiger partial charge in [-0.25, -0.2) is 4.39 Å². The normalized spacial score (nSPS) is 10.7. The van der Waals surface area contributed by atoms with Crippen molar-refractivity contribution in [1.82, 2.24) is 5.32 Å². The SMILES string of the molecule is O=C(CCc1ccccc1F)NCc1ccc(-c2cccs2)o1. The molecule has 0 fully saturated rings. The largest absolute Gasteiger partial charge is 0.458 e. The smallest absolute Gasteiger partial charge is 0.220 e. The Morgan fingerprint density at radius 3 is 2.78 bits per heavy atom. The first-order chi connectivity index (χ1) is 11.2. The van der Waals surface area contributed by atoms with Crippen LogP contribution in [-0.2, 0) is 17.8 Å². The van der Waals surface area contributed by atoms with E-state index in [-0.39, 0.29) is 18.1 Å². The van der Waals surface area contributed by atoms with Crippen LogP contribution in [0.15, 0.2) is 58.3 Å². The first-order valence-electron chi connectivity index (χ1n) is 7.35. The molecule has 3 aromatic rings. The summed E-state index contributed by atoms with van der Waals surface area (Å²) < 4.78 is 19.2. The van der Waals surface area contributed by atoms with E-state index < -0.39 is 0 Å². The minimum absolute atomic E-state index is 0.123. The molecule has 0 bridgehead atoms. The average molecular weight is 329 g/mol. The van der Waals surface area contributed by atoms with Crippen LogP contribution in [0, 0.1) is 5.82 Å². The van der Waals surface area contributed by atoms with Gasteiger partial charge in [0.1, 0.15) is 17.3 Å². The predicted molar refractivity (Wildman–Crippen MR) is 88.6 cm³/mol. The molecule has 0 atom stereocenters. The van der Waals surface area contributed by atoms with Gasteiger partial charge in [0.05, 0.1) is 11.4 Å². The van der Waals surface area contributed by atoms with Gasteiger partial charge in [-0.15, -0.1) is 11.3 Å². The highest BCUT2D eigenvalue weighted by atomic mass is 32.1. The molecule has 1 aromatic carbocycles. The van der Waals surface area contributed by atoms with Crippen molar-refractivity contribution in [2.75, 3.05) is 0 Å². The molecule has 0 unspecified atom stereocenters. The van der Waals surface area contributed by atoms with E-state index in [4.69, 9.17) is 4.42 Å². The van der Waals surface area contributed by atoms with E-state index in [9.17, 15) is 9.18 Å². The average Bonchev–Trinajstić information content (AvgIpc) is 3.23. The number of amides is 1. The second-order valence-electron chi connectivity index (χ2n) is 5.11. The van der Waals surface area contributed by atoms with Crippen LogP contribution in [0.3, 0.4) is 0 Å². The van der Waals surface area contributed by atoms with Gasteiger partial charge >= 0.3 is 0 Å². The minimum atomic E-state index is -0.271. The summed E-state index contributed by atoms with van der Waals surface area (Å²) in [6, 6.07) is 14.2. The van der Waals surface area contributed by atoms with Crippen LogP contribution in [0.2, 0.25) is 0 Å². The molecule has 0 aliphatic heterocycles. The van der Waals surface area contributed by atoms with Crippen molar-refractivity contribution < 1.29 is 13.6 Å². The Bertz CT molecular complexity index is 780. The number of carbonyl (C=O) groups excluding carboxylic acids is 1. The third-order valence-corrected chi connectivity index (χ3v) is 4.35.